The first-order chi connectivity index (χ1) is 11.1. The van der Waals surface area contributed by atoms with Crippen LogP contribution in [-0.2, 0) is 13.1 Å². The van der Waals surface area contributed by atoms with E-state index < -0.39 is 5.97 Å². The van der Waals surface area contributed by atoms with Gasteiger partial charge in [0.2, 0.25) is 0 Å². The van der Waals surface area contributed by atoms with Gasteiger partial charge in [-0.3, -0.25) is 0 Å². The Morgan fingerprint density at radius 1 is 1.13 bits per heavy atom. The number of aromatic carboxylic acids is 1. The van der Waals surface area contributed by atoms with Gasteiger partial charge in [0.15, 0.2) is 0 Å². The predicted molar refractivity (Wildman–Crippen MR) is 93.9 cm³/mol. The number of hydrogen-bond donors (Lipinski definition) is 2. The van der Waals surface area contributed by atoms with Crippen molar-refractivity contribution in [2.75, 3.05) is 6.61 Å². The van der Waals surface area contributed by atoms with Gasteiger partial charge in [0.25, 0.3) is 0 Å². The van der Waals surface area contributed by atoms with Crippen LogP contribution in [0.15, 0.2) is 46.9 Å². The summed E-state index contributed by atoms with van der Waals surface area (Å²) in [7, 11) is 0. The molecule has 0 spiro atoms. The van der Waals surface area contributed by atoms with Crippen LogP contribution in [0.2, 0.25) is 0 Å². The van der Waals surface area contributed by atoms with Crippen LogP contribution in [0.3, 0.4) is 0 Å². The molecule has 4 nitrogen and oxygen atoms in total. The second-order valence-corrected chi connectivity index (χ2v) is 6.07. The number of rotatable bonds is 8. The van der Waals surface area contributed by atoms with E-state index in [-0.39, 0.29) is 0 Å². The molecule has 0 aliphatic heterocycles. The molecular formula is C18H20BrNO3. The van der Waals surface area contributed by atoms with Crippen LogP contribution in [0.25, 0.3) is 0 Å². The normalized spacial score (nSPS) is 10.5. The van der Waals surface area contributed by atoms with Gasteiger partial charge in [0, 0.05) is 13.1 Å². The minimum atomic E-state index is -0.903. The number of hydrogen-bond acceptors (Lipinski definition) is 3. The fourth-order valence-corrected chi connectivity index (χ4v) is 2.64. The molecule has 0 aromatic heterocycles. The Morgan fingerprint density at radius 2 is 1.78 bits per heavy atom. The highest BCUT2D eigenvalue weighted by atomic mass is 79.9. The van der Waals surface area contributed by atoms with Crippen LogP contribution in [0.5, 0.6) is 5.75 Å². The Balaban J connectivity index is 1.86. The van der Waals surface area contributed by atoms with Crippen molar-refractivity contribution < 1.29 is 14.6 Å². The van der Waals surface area contributed by atoms with Gasteiger partial charge in [0.05, 0.1) is 16.6 Å². The van der Waals surface area contributed by atoms with Crippen molar-refractivity contribution in [1.29, 1.82) is 0 Å². The summed E-state index contributed by atoms with van der Waals surface area (Å²) in [6.45, 7) is 4.21. The van der Waals surface area contributed by atoms with E-state index in [9.17, 15) is 4.79 Å². The minimum absolute atomic E-state index is 0.306. The van der Waals surface area contributed by atoms with Gasteiger partial charge in [-0.05, 0) is 57.7 Å². The minimum Gasteiger partial charge on any atom is -0.492 e. The number of carboxylic acids is 1. The van der Waals surface area contributed by atoms with Crippen molar-refractivity contribution in [3.8, 4) is 5.75 Å². The molecule has 0 heterocycles. The molecular weight excluding hydrogens is 358 g/mol. The third-order valence-electron chi connectivity index (χ3n) is 3.32. The summed E-state index contributed by atoms with van der Waals surface area (Å²) in [5, 5.41) is 12.2. The summed E-state index contributed by atoms with van der Waals surface area (Å²) in [6.07, 6.45) is 0.983. The Hall–Kier alpha value is -1.85. The third kappa shape index (κ3) is 5.37. The lowest BCUT2D eigenvalue weighted by Gasteiger charge is -2.10. The molecule has 0 bridgehead atoms. The summed E-state index contributed by atoms with van der Waals surface area (Å²) in [5.74, 6) is -0.0420. The van der Waals surface area contributed by atoms with Crippen LogP contribution < -0.4 is 10.1 Å². The highest BCUT2D eigenvalue weighted by Gasteiger charge is 2.04. The van der Waals surface area contributed by atoms with E-state index in [1.165, 1.54) is 0 Å². The van der Waals surface area contributed by atoms with E-state index in [0.29, 0.717) is 18.7 Å². The number of nitrogens with one attached hydrogen (secondary N) is 1. The lowest BCUT2D eigenvalue weighted by molar-refractivity contribution is 0.0697. The van der Waals surface area contributed by atoms with Crippen molar-refractivity contribution in [3.63, 3.8) is 0 Å². The Kier molecular flexibility index (Phi) is 6.62. The molecule has 122 valence electrons. The van der Waals surface area contributed by atoms with Crippen molar-refractivity contribution in [2.45, 2.75) is 26.4 Å². The van der Waals surface area contributed by atoms with Crippen LogP contribution in [0.4, 0.5) is 0 Å². The van der Waals surface area contributed by atoms with Crippen LogP contribution in [0.1, 0.15) is 34.8 Å². The van der Waals surface area contributed by atoms with Gasteiger partial charge in [-0.15, -0.1) is 0 Å². The lowest BCUT2D eigenvalue weighted by atomic mass is 10.1. The lowest BCUT2D eigenvalue weighted by Crippen LogP contribution is -2.13. The Morgan fingerprint density at radius 3 is 2.39 bits per heavy atom. The number of halogens is 1. The second-order valence-electron chi connectivity index (χ2n) is 5.22. The van der Waals surface area contributed by atoms with Crippen LogP contribution in [-0.4, -0.2) is 17.7 Å². The quantitative estimate of drug-likeness (QED) is 0.722. The van der Waals surface area contributed by atoms with E-state index in [4.69, 9.17) is 9.84 Å². The fourth-order valence-electron chi connectivity index (χ4n) is 2.10. The number of carbonyl (C=O) groups is 1. The van der Waals surface area contributed by atoms with Gasteiger partial charge in [-0.25, -0.2) is 4.79 Å². The van der Waals surface area contributed by atoms with Crippen molar-refractivity contribution in [2.24, 2.45) is 0 Å². The van der Waals surface area contributed by atoms with Crippen molar-refractivity contribution in [3.05, 3.63) is 63.6 Å². The topological polar surface area (TPSA) is 58.6 Å². The maximum absolute atomic E-state index is 10.8. The molecule has 0 aliphatic carbocycles. The van der Waals surface area contributed by atoms with E-state index in [0.717, 1.165) is 34.3 Å². The molecule has 0 fully saturated rings. The molecule has 0 aliphatic rings. The first kappa shape index (κ1) is 17.5. The van der Waals surface area contributed by atoms with Crippen LogP contribution >= 0.6 is 15.9 Å². The van der Waals surface area contributed by atoms with Crippen LogP contribution in [0, 0.1) is 0 Å². The highest BCUT2D eigenvalue weighted by molar-refractivity contribution is 9.10. The number of benzene rings is 2. The van der Waals surface area contributed by atoms with Crippen molar-refractivity contribution >= 4 is 21.9 Å². The second kappa shape index (κ2) is 8.70. The average Bonchev–Trinajstić information content (AvgIpc) is 2.54. The molecule has 2 rings (SSSR count). The zero-order chi connectivity index (χ0) is 16.7. The number of ether oxygens (including phenoxy) is 1. The molecule has 0 saturated heterocycles. The molecule has 2 N–H and O–H groups in total. The van der Waals surface area contributed by atoms with E-state index in [2.05, 4.69) is 28.2 Å². The van der Waals surface area contributed by atoms with Gasteiger partial charge >= 0.3 is 5.97 Å². The average molecular weight is 378 g/mol. The predicted octanol–water partition coefficient (Wildman–Crippen LogP) is 4.23. The van der Waals surface area contributed by atoms with Gasteiger partial charge in [0.1, 0.15) is 5.75 Å². The summed E-state index contributed by atoms with van der Waals surface area (Å²) in [6, 6.07) is 13.0. The summed E-state index contributed by atoms with van der Waals surface area (Å²) < 4.78 is 6.58. The maximum atomic E-state index is 10.8. The molecule has 2 aromatic carbocycles. The molecule has 0 radical (unpaired) electrons. The SMILES string of the molecule is CCCOc1ccc(CNCc2ccc(C(=O)O)cc2)cc1Br. The van der Waals surface area contributed by atoms with Crippen molar-refractivity contribution in [1.82, 2.24) is 5.32 Å². The molecule has 5 heteroatoms. The smallest absolute Gasteiger partial charge is 0.335 e. The van der Waals surface area contributed by atoms with Gasteiger partial charge < -0.3 is 15.2 Å². The van der Waals surface area contributed by atoms with Gasteiger partial charge in [-0.2, -0.15) is 0 Å². The molecule has 0 atom stereocenters. The molecule has 2 aromatic rings. The summed E-state index contributed by atoms with van der Waals surface area (Å²) in [5.41, 5.74) is 2.51. The summed E-state index contributed by atoms with van der Waals surface area (Å²) in [4.78, 5) is 10.8. The fraction of sp³-hybridized carbons (Fsp3) is 0.278. The molecule has 0 unspecified atom stereocenters. The highest BCUT2D eigenvalue weighted by Crippen LogP contribution is 2.26. The van der Waals surface area contributed by atoms with E-state index >= 15 is 0 Å². The van der Waals surface area contributed by atoms with E-state index in [1.807, 2.05) is 30.3 Å². The summed E-state index contributed by atoms with van der Waals surface area (Å²) >= 11 is 3.53. The third-order valence-corrected chi connectivity index (χ3v) is 3.94. The zero-order valence-electron chi connectivity index (χ0n) is 13.0. The number of carboxylic acid groups (broad SMARTS) is 1. The van der Waals surface area contributed by atoms with Gasteiger partial charge in [-0.1, -0.05) is 25.1 Å². The largest absolute Gasteiger partial charge is 0.492 e. The maximum Gasteiger partial charge on any atom is 0.335 e. The first-order valence-corrected chi connectivity index (χ1v) is 8.33. The van der Waals surface area contributed by atoms with E-state index in [1.54, 1.807) is 12.1 Å². The standard InChI is InChI=1S/C18H20BrNO3/c1-2-9-23-17-8-5-14(10-16(17)19)12-20-11-13-3-6-15(7-4-13)18(21)22/h3-8,10,20H,2,9,11-12H2,1H3,(H,21,22). The Labute approximate surface area is 144 Å². The molecule has 0 saturated carbocycles. The molecule has 23 heavy (non-hydrogen) atoms. The molecule has 0 amide bonds. The monoisotopic (exact) mass is 377 g/mol. The zero-order valence-corrected chi connectivity index (χ0v) is 14.6. The Bertz CT molecular complexity index is 656. The first-order valence-electron chi connectivity index (χ1n) is 7.54.